The number of carbonyl (C=O) groups is 1. The maximum Gasteiger partial charge on any atom is 0.433 e. The number of aromatic nitrogens is 2. The van der Waals surface area contributed by atoms with E-state index in [1.54, 1.807) is 29.2 Å². The molecule has 2 fully saturated rings. The Labute approximate surface area is 196 Å². The van der Waals surface area contributed by atoms with Crippen molar-refractivity contribution in [2.24, 2.45) is 0 Å². The first-order chi connectivity index (χ1) is 15.9. The van der Waals surface area contributed by atoms with Gasteiger partial charge in [0.05, 0.1) is 0 Å². The molecule has 0 aliphatic carbocycles. The number of halogens is 7. The largest absolute Gasteiger partial charge is 0.433 e. The first-order valence-corrected chi connectivity index (χ1v) is 10.9. The van der Waals surface area contributed by atoms with Crippen LogP contribution in [0.5, 0.6) is 0 Å². The summed E-state index contributed by atoms with van der Waals surface area (Å²) >= 11 is 5.86. The zero-order chi connectivity index (χ0) is 24.7. The van der Waals surface area contributed by atoms with Crippen molar-refractivity contribution in [2.75, 3.05) is 44.2 Å². The van der Waals surface area contributed by atoms with Crippen LogP contribution in [0.3, 0.4) is 0 Å². The van der Waals surface area contributed by atoms with E-state index in [0.717, 1.165) is 0 Å². The summed E-state index contributed by atoms with van der Waals surface area (Å²) in [6.45, 7) is 2.41. The summed E-state index contributed by atoms with van der Waals surface area (Å²) in [5.74, 6) is -0.706. The summed E-state index contributed by atoms with van der Waals surface area (Å²) in [4.78, 5) is 24.5. The zero-order valence-electron chi connectivity index (χ0n) is 17.7. The molecule has 2 aliphatic rings. The Morgan fingerprint density at radius 2 is 1.44 bits per heavy atom. The van der Waals surface area contributed by atoms with Crippen molar-refractivity contribution >= 4 is 23.5 Å². The van der Waals surface area contributed by atoms with Crippen LogP contribution in [0.4, 0.5) is 32.3 Å². The number of benzene rings is 1. The second-order valence-electron chi connectivity index (χ2n) is 8.16. The molecule has 2 saturated heterocycles. The van der Waals surface area contributed by atoms with Crippen LogP contribution in [0.2, 0.25) is 5.02 Å². The SMILES string of the molecule is O=C(c1ccc(Cl)cc1)N1CCN([C@H]2CCN(c3nc(C(F)(F)F)cc(C(F)(F)F)n3)C2)CC1. The molecule has 0 radical (unpaired) electrons. The summed E-state index contributed by atoms with van der Waals surface area (Å²) < 4.78 is 78.7. The van der Waals surface area contributed by atoms with Gasteiger partial charge in [0.2, 0.25) is 5.95 Å². The summed E-state index contributed by atoms with van der Waals surface area (Å²) in [5.41, 5.74) is -2.72. The molecule has 0 unspecified atom stereocenters. The summed E-state index contributed by atoms with van der Waals surface area (Å²) in [5, 5.41) is 0.527. The van der Waals surface area contributed by atoms with Crippen LogP contribution in [0.15, 0.2) is 30.3 Å². The van der Waals surface area contributed by atoms with Crippen LogP contribution < -0.4 is 4.90 Å². The van der Waals surface area contributed by atoms with Crippen molar-refractivity contribution in [3.63, 3.8) is 0 Å². The van der Waals surface area contributed by atoms with Crippen LogP contribution in [0.25, 0.3) is 0 Å². The topological polar surface area (TPSA) is 52.6 Å². The first kappa shape index (κ1) is 24.5. The van der Waals surface area contributed by atoms with Gasteiger partial charge in [-0.1, -0.05) is 11.6 Å². The Bertz CT molecular complexity index is 1010. The minimum atomic E-state index is -5.02. The molecule has 3 heterocycles. The molecule has 0 spiro atoms. The van der Waals surface area contributed by atoms with Crippen LogP contribution >= 0.6 is 11.6 Å². The van der Waals surface area contributed by atoms with Gasteiger partial charge in [-0.3, -0.25) is 9.69 Å². The first-order valence-electron chi connectivity index (χ1n) is 10.5. The highest BCUT2D eigenvalue weighted by Crippen LogP contribution is 2.35. The molecule has 0 N–H and O–H groups in total. The third-order valence-electron chi connectivity index (χ3n) is 5.95. The van der Waals surface area contributed by atoms with Crippen molar-refractivity contribution in [3.8, 4) is 0 Å². The second-order valence-corrected chi connectivity index (χ2v) is 8.59. The molecule has 1 amide bonds. The Morgan fingerprint density at radius 3 is 1.97 bits per heavy atom. The van der Waals surface area contributed by atoms with E-state index in [0.29, 0.717) is 43.2 Å². The van der Waals surface area contributed by atoms with Gasteiger partial charge >= 0.3 is 12.4 Å². The van der Waals surface area contributed by atoms with Gasteiger partial charge in [0.15, 0.2) is 11.4 Å². The van der Waals surface area contributed by atoms with Crippen molar-refractivity contribution < 1.29 is 31.1 Å². The normalized spacial score (nSPS) is 20.1. The monoisotopic (exact) mass is 507 g/mol. The number of anilines is 1. The number of hydrogen-bond acceptors (Lipinski definition) is 5. The van der Waals surface area contributed by atoms with Crippen LogP contribution in [0, 0.1) is 0 Å². The fraction of sp³-hybridized carbons (Fsp3) is 0.476. The number of piperazine rings is 1. The van der Waals surface area contributed by atoms with Crippen molar-refractivity contribution in [1.82, 2.24) is 19.8 Å². The van der Waals surface area contributed by atoms with Gasteiger partial charge in [-0.15, -0.1) is 0 Å². The lowest BCUT2D eigenvalue weighted by atomic mass is 10.1. The molecule has 1 aromatic heterocycles. The summed E-state index contributed by atoms with van der Waals surface area (Å²) in [6, 6.07) is 6.40. The molecule has 2 aliphatic heterocycles. The van der Waals surface area contributed by atoms with E-state index in [4.69, 9.17) is 11.6 Å². The fourth-order valence-corrected chi connectivity index (χ4v) is 4.28. The maximum absolute atomic E-state index is 13.1. The molecule has 1 aromatic carbocycles. The molecular weight excluding hydrogens is 488 g/mol. The molecule has 1 atom stereocenters. The fourth-order valence-electron chi connectivity index (χ4n) is 4.15. The van der Waals surface area contributed by atoms with Crippen molar-refractivity contribution in [1.29, 1.82) is 0 Å². The van der Waals surface area contributed by atoms with E-state index >= 15 is 0 Å². The highest BCUT2D eigenvalue weighted by atomic mass is 35.5. The average Bonchev–Trinajstić information content (AvgIpc) is 3.28. The molecule has 0 saturated carbocycles. The predicted octanol–water partition coefficient (Wildman–Crippen LogP) is 4.20. The molecular formula is C21H20ClF6N5O. The van der Waals surface area contributed by atoms with E-state index in [1.807, 2.05) is 0 Å². The number of rotatable bonds is 3. The van der Waals surface area contributed by atoms with E-state index in [2.05, 4.69) is 14.9 Å². The molecule has 4 rings (SSSR count). The van der Waals surface area contributed by atoms with Crippen molar-refractivity contribution in [2.45, 2.75) is 24.8 Å². The van der Waals surface area contributed by atoms with E-state index < -0.39 is 29.7 Å². The lowest BCUT2D eigenvalue weighted by Crippen LogP contribution is -2.52. The van der Waals surface area contributed by atoms with Gasteiger partial charge in [-0.05, 0) is 36.8 Å². The molecule has 34 heavy (non-hydrogen) atoms. The Balaban J connectivity index is 1.41. The number of nitrogens with zero attached hydrogens (tertiary/aromatic N) is 5. The molecule has 0 bridgehead atoms. The maximum atomic E-state index is 13.1. The van der Waals surface area contributed by atoms with Crippen LogP contribution in [-0.4, -0.2) is 71.0 Å². The Hall–Kier alpha value is -2.60. The average molecular weight is 508 g/mol. The molecule has 6 nitrogen and oxygen atoms in total. The van der Waals surface area contributed by atoms with Gasteiger partial charge in [-0.25, -0.2) is 9.97 Å². The van der Waals surface area contributed by atoms with Crippen LogP contribution in [0.1, 0.15) is 28.2 Å². The molecule has 184 valence electrons. The number of carbonyl (C=O) groups excluding carboxylic acids is 1. The van der Waals surface area contributed by atoms with Crippen molar-refractivity contribution in [3.05, 3.63) is 52.3 Å². The van der Waals surface area contributed by atoms with E-state index in [1.165, 1.54) is 4.90 Å². The van der Waals surface area contributed by atoms with Gasteiger partial charge in [-0.2, -0.15) is 26.3 Å². The quantitative estimate of drug-likeness (QED) is 0.583. The minimum absolute atomic E-state index is 0.0754. The zero-order valence-corrected chi connectivity index (χ0v) is 18.5. The predicted molar refractivity (Wildman–Crippen MR) is 112 cm³/mol. The third kappa shape index (κ3) is 5.38. The lowest BCUT2D eigenvalue weighted by molar-refractivity contribution is -0.147. The molecule has 2 aromatic rings. The second kappa shape index (κ2) is 9.21. The number of amides is 1. The number of alkyl halides is 6. The summed E-state index contributed by atoms with van der Waals surface area (Å²) in [7, 11) is 0. The number of hydrogen-bond donors (Lipinski definition) is 0. The highest BCUT2D eigenvalue weighted by Gasteiger charge is 2.41. The van der Waals surface area contributed by atoms with E-state index in [9.17, 15) is 31.1 Å². The summed E-state index contributed by atoms with van der Waals surface area (Å²) in [6.07, 6.45) is -9.51. The standard InChI is InChI=1S/C21H20ClF6N5O/c22-14-3-1-13(2-4-14)18(34)32-9-7-31(8-10-32)15-5-6-33(12-15)19-29-16(20(23,24)25)11-17(30-19)21(26,27)28/h1-4,11,15H,5-10,12H2/t15-/m0/s1. The highest BCUT2D eigenvalue weighted by molar-refractivity contribution is 6.30. The Kier molecular flexibility index (Phi) is 6.65. The van der Waals surface area contributed by atoms with Gasteiger partial charge in [0, 0.05) is 55.9 Å². The molecule has 13 heteroatoms. The van der Waals surface area contributed by atoms with Crippen LogP contribution in [-0.2, 0) is 12.4 Å². The smallest absolute Gasteiger partial charge is 0.339 e. The van der Waals surface area contributed by atoms with Gasteiger partial charge in [0.25, 0.3) is 5.91 Å². The van der Waals surface area contributed by atoms with E-state index in [-0.39, 0.29) is 31.1 Å². The van der Waals surface area contributed by atoms with Gasteiger partial charge < -0.3 is 9.80 Å². The Morgan fingerprint density at radius 1 is 0.882 bits per heavy atom. The lowest BCUT2D eigenvalue weighted by Gasteiger charge is -2.38. The minimum Gasteiger partial charge on any atom is -0.339 e. The van der Waals surface area contributed by atoms with Gasteiger partial charge in [0.1, 0.15) is 0 Å². The third-order valence-corrected chi connectivity index (χ3v) is 6.20.